The van der Waals surface area contributed by atoms with Crippen molar-refractivity contribution in [2.75, 3.05) is 0 Å². The number of carbonyl (C=O) groups is 3. The number of aryl methyl sites for hydroxylation is 1. The molecule has 1 aromatic carbocycles. The average Bonchev–Trinajstić information content (AvgIpc) is 2.57. The lowest BCUT2D eigenvalue weighted by Crippen LogP contribution is -2.39. The first-order chi connectivity index (χ1) is 11.5. The quantitative estimate of drug-likeness (QED) is 0.633. The van der Waals surface area contributed by atoms with Crippen LogP contribution in [0.2, 0.25) is 0 Å². The molecule has 6 nitrogen and oxygen atoms in total. The molecule has 6 heteroatoms. The fraction of sp³-hybridized carbons (Fsp3) is 0.278. The van der Waals surface area contributed by atoms with E-state index in [-0.39, 0.29) is 18.4 Å². The lowest BCUT2D eigenvalue weighted by Gasteiger charge is -2.18. The van der Waals surface area contributed by atoms with Crippen LogP contribution < -0.4 is 5.56 Å². The first-order valence-corrected chi connectivity index (χ1v) is 7.75. The molecular weight excluding hydrogens is 308 g/mol. The molecule has 1 aliphatic carbocycles. The Morgan fingerprint density at radius 3 is 2.33 bits per heavy atom. The zero-order valence-corrected chi connectivity index (χ0v) is 13.2. The van der Waals surface area contributed by atoms with Crippen molar-refractivity contribution in [3.63, 3.8) is 0 Å². The number of hydrogen-bond acceptors (Lipinski definition) is 5. The van der Waals surface area contributed by atoms with Gasteiger partial charge in [-0.25, -0.2) is 0 Å². The van der Waals surface area contributed by atoms with Crippen LogP contribution in [0.15, 0.2) is 41.2 Å². The highest BCUT2D eigenvalue weighted by molar-refractivity contribution is 6.25. The Balaban J connectivity index is 2.10. The normalized spacial score (nSPS) is 15.5. The second-order valence-corrected chi connectivity index (χ2v) is 5.84. The molecule has 122 valence electrons. The van der Waals surface area contributed by atoms with Crippen LogP contribution in [0.3, 0.4) is 0 Å². The van der Waals surface area contributed by atoms with Crippen molar-refractivity contribution in [1.29, 1.82) is 0 Å². The Morgan fingerprint density at radius 1 is 1.08 bits per heavy atom. The van der Waals surface area contributed by atoms with Gasteiger partial charge in [0, 0.05) is 12.8 Å². The van der Waals surface area contributed by atoms with Gasteiger partial charge in [-0.3, -0.25) is 19.2 Å². The van der Waals surface area contributed by atoms with E-state index in [9.17, 15) is 19.2 Å². The van der Waals surface area contributed by atoms with E-state index in [1.54, 1.807) is 37.3 Å². The molecular formula is C18H16N2O4. The third-order valence-corrected chi connectivity index (χ3v) is 4.05. The summed E-state index contributed by atoms with van der Waals surface area (Å²) in [5.74, 6) is -2.88. The van der Waals surface area contributed by atoms with E-state index < -0.39 is 28.8 Å². The molecule has 0 N–H and O–H groups in total. The zero-order chi connectivity index (χ0) is 17.3. The van der Waals surface area contributed by atoms with Gasteiger partial charge < -0.3 is 0 Å². The number of rotatable bonds is 3. The third-order valence-electron chi connectivity index (χ3n) is 4.05. The molecule has 24 heavy (non-hydrogen) atoms. The Hall–Kier alpha value is -2.89. The van der Waals surface area contributed by atoms with Gasteiger partial charge in [-0.15, -0.1) is 0 Å². The number of ketones is 3. The Bertz CT molecular complexity index is 868. The van der Waals surface area contributed by atoms with Gasteiger partial charge in [-0.05, 0) is 31.5 Å². The zero-order valence-electron chi connectivity index (χ0n) is 13.2. The second-order valence-electron chi connectivity index (χ2n) is 5.84. The van der Waals surface area contributed by atoms with Gasteiger partial charge in [0.25, 0.3) is 5.56 Å². The predicted octanol–water partition coefficient (Wildman–Crippen LogP) is 1.66. The van der Waals surface area contributed by atoms with Gasteiger partial charge in [-0.2, -0.15) is 9.78 Å². The van der Waals surface area contributed by atoms with E-state index in [1.807, 2.05) is 0 Å². The van der Waals surface area contributed by atoms with Crippen LogP contribution in [0, 0.1) is 12.8 Å². The minimum Gasteiger partial charge on any atom is -0.298 e. The highest BCUT2D eigenvalue weighted by atomic mass is 16.2. The molecule has 0 saturated heterocycles. The summed E-state index contributed by atoms with van der Waals surface area (Å²) in [6.45, 7) is 1.65. The molecule has 0 spiro atoms. The molecule has 0 atom stereocenters. The maximum absolute atomic E-state index is 12.7. The second kappa shape index (κ2) is 6.31. The first kappa shape index (κ1) is 16.0. The number of para-hydroxylation sites is 1. The van der Waals surface area contributed by atoms with Crippen LogP contribution in [0.1, 0.15) is 35.3 Å². The maximum Gasteiger partial charge on any atom is 0.282 e. The van der Waals surface area contributed by atoms with E-state index in [0.29, 0.717) is 17.8 Å². The minimum atomic E-state index is -1.35. The van der Waals surface area contributed by atoms with E-state index in [1.165, 1.54) is 6.07 Å². The van der Waals surface area contributed by atoms with Crippen molar-refractivity contribution in [3.05, 3.63) is 58.0 Å². The highest BCUT2D eigenvalue weighted by Crippen LogP contribution is 2.21. The molecule has 1 saturated carbocycles. The van der Waals surface area contributed by atoms with Crippen LogP contribution in [0.25, 0.3) is 5.69 Å². The minimum absolute atomic E-state index is 0.167. The van der Waals surface area contributed by atoms with Crippen molar-refractivity contribution < 1.29 is 14.4 Å². The van der Waals surface area contributed by atoms with Gasteiger partial charge in [0.1, 0.15) is 5.92 Å². The molecule has 0 bridgehead atoms. The topological polar surface area (TPSA) is 86.1 Å². The number of aromatic nitrogens is 2. The van der Waals surface area contributed by atoms with Crippen molar-refractivity contribution in [1.82, 2.24) is 9.78 Å². The van der Waals surface area contributed by atoms with Gasteiger partial charge >= 0.3 is 0 Å². The van der Waals surface area contributed by atoms with E-state index in [0.717, 1.165) is 4.68 Å². The summed E-state index contributed by atoms with van der Waals surface area (Å²) in [7, 11) is 0. The molecule has 1 fully saturated rings. The summed E-state index contributed by atoms with van der Waals surface area (Å²) in [6.07, 6.45) is 0.850. The Labute approximate surface area is 138 Å². The molecule has 1 aromatic heterocycles. The van der Waals surface area contributed by atoms with Gasteiger partial charge in [0.15, 0.2) is 17.3 Å². The van der Waals surface area contributed by atoms with Gasteiger partial charge in [0.2, 0.25) is 0 Å². The Kier molecular flexibility index (Phi) is 4.20. The first-order valence-electron chi connectivity index (χ1n) is 7.75. The third kappa shape index (κ3) is 2.82. The van der Waals surface area contributed by atoms with Crippen LogP contribution in [-0.2, 0) is 9.59 Å². The lowest BCUT2D eigenvalue weighted by atomic mass is 9.82. The van der Waals surface area contributed by atoms with Gasteiger partial charge in [0.05, 0.1) is 16.9 Å². The van der Waals surface area contributed by atoms with Crippen molar-refractivity contribution in [2.24, 2.45) is 5.92 Å². The lowest BCUT2D eigenvalue weighted by molar-refractivity contribution is -0.133. The average molecular weight is 324 g/mol. The summed E-state index contributed by atoms with van der Waals surface area (Å²) in [6, 6.07) is 10.0. The standard InChI is InChI=1S/C18H16N2O4/c1-11-10-13(17(23)16-14(21)8-5-9-15(16)22)18(24)20(19-11)12-6-3-2-4-7-12/h2-4,6-7,10,16H,5,8-9H2,1H3. The maximum atomic E-state index is 12.7. The highest BCUT2D eigenvalue weighted by Gasteiger charge is 2.37. The van der Waals surface area contributed by atoms with Crippen LogP contribution >= 0.6 is 0 Å². The number of carbonyl (C=O) groups excluding carboxylic acids is 3. The molecule has 1 heterocycles. The molecule has 0 radical (unpaired) electrons. The molecule has 0 unspecified atom stereocenters. The summed E-state index contributed by atoms with van der Waals surface area (Å²) in [5.41, 5.74) is 0.182. The van der Waals surface area contributed by atoms with Crippen molar-refractivity contribution in [2.45, 2.75) is 26.2 Å². The molecule has 0 aliphatic heterocycles. The monoisotopic (exact) mass is 324 g/mol. The number of hydrogen-bond donors (Lipinski definition) is 0. The molecule has 3 rings (SSSR count). The summed E-state index contributed by atoms with van der Waals surface area (Å²) in [4.78, 5) is 49.4. The molecule has 2 aromatic rings. The number of nitrogens with zero attached hydrogens (tertiary/aromatic N) is 2. The largest absolute Gasteiger partial charge is 0.298 e. The van der Waals surface area contributed by atoms with E-state index >= 15 is 0 Å². The fourth-order valence-corrected chi connectivity index (χ4v) is 2.89. The van der Waals surface area contributed by atoms with E-state index in [4.69, 9.17) is 0 Å². The van der Waals surface area contributed by atoms with E-state index in [2.05, 4.69) is 5.10 Å². The Morgan fingerprint density at radius 2 is 1.71 bits per heavy atom. The van der Waals surface area contributed by atoms with Crippen LogP contribution in [0.5, 0.6) is 0 Å². The van der Waals surface area contributed by atoms with Crippen molar-refractivity contribution in [3.8, 4) is 5.69 Å². The smallest absolute Gasteiger partial charge is 0.282 e. The van der Waals surface area contributed by atoms with Crippen LogP contribution in [0.4, 0.5) is 0 Å². The van der Waals surface area contributed by atoms with Crippen molar-refractivity contribution >= 4 is 17.3 Å². The van der Waals surface area contributed by atoms with Gasteiger partial charge in [-0.1, -0.05) is 18.2 Å². The van der Waals surface area contributed by atoms with Crippen LogP contribution in [-0.4, -0.2) is 27.1 Å². The molecule has 1 aliphatic rings. The number of benzene rings is 1. The SMILES string of the molecule is Cc1cc(C(=O)C2C(=O)CCCC2=O)c(=O)n(-c2ccccc2)n1. The summed E-state index contributed by atoms with van der Waals surface area (Å²) in [5, 5.41) is 4.15. The summed E-state index contributed by atoms with van der Waals surface area (Å²) < 4.78 is 1.13. The predicted molar refractivity (Wildman–Crippen MR) is 86.3 cm³/mol. The number of Topliss-reactive ketones (excluding diaryl/α,β-unsaturated/α-hetero) is 3. The summed E-state index contributed by atoms with van der Waals surface area (Å²) >= 11 is 0. The fourth-order valence-electron chi connectivity index (χ4n) is 2.89. The molecule has 0 amide bonds.